The fourth-order valence-corrected chi connectivity index (χ4v) is 4.17. The molecule has 1 aliphatic carbocycles. The number of halogens is 2. The van der Waals surface area contributed by atoms with E-state index >= 15 is 0 Å². The van der Waals surface area contributed by atoms with Crippen molar-refractivity contribution < 1.29 is 9.47 Å². The Morgan fingerprint density at radius 3 is 2.52 bits per heavy atom. The molecule has 23 heavy (non-hydrogen) atoms. The first-order chi connectivity index (χ1) is 10.4. The van der Waals surface area contributed by atoms with Crippen LogP contribution in [0.1, 0.15) is 37.3 Å². The third-order valence-electron chi connectivity index (χ3n) is 5.14. The lowest BCUT2D eigenvalue weighted by Crippen LogP contribution is -2.46. The summed E-state index contributed by atoms with van der Waals surface area (Å²) in [5.74, 6) is 2.68. The molecule has 0 radical (unpaired) electrons. The average Bonchev–Trinajstić information content (AvgIpc) is 3.20. The van der Waals surface area contributed by atoms with Crippen LogP contribution in [-0.4, -0.2) is 37.9 Å². The van der Waals surface area contributed by atoms with Gasteiger partial charge in [0.15, 0.2) is 11.5 Å². The van der Waals surface area contributed by atoms with Crippen molar-refractivity contribution in [3.8, 4) is 11.5 Å². The Bertz CT molecular complexity index is 503. The summed E-state index contributed by atoms with van der Waals surface area (Å²) < 4.78 is 11.4. The van der Waals surface area contributed by atoms with Gasteiger partial charge in [0.1, 0.15) is 0 Å². The summed E-state index contributed by atoms with van der Waals surface area (Å²) in [5.41, 5.74) is 1.35. The summed E-state index contributed by atoms with van der Waals surface area (Å²) >= 11 is 0. The summed E-state index contributed by atoms with van der Waals surface area (Å²) in [4.78, 5) is 2.66. The Hall–Kier alpha value is -0.680. The Balaban J connectivity index is 0.000000960. The van der Waals surface area contributed by atoms with E-state index in [4.69, 9.17) is 9.47 Å². The van der Waals surface area contributed by atoms with Crippen molar-refractivity contribution in [1.29, 1.82) is 0 Å². The number of para-hydroxylation sites is 1. The van der Waals surface area contributed by atoms with E-state index < -0.39 is 0 Å². The van der Waals surface area contributed by atoms with Gasteiger partial charge in [-0.05, 0) is 24.8 Å². The highest BCUT2D eigenvalue weighted by Crippen LogP contribution is 2.46. The Labute approximate surface area is 150 Å². The maximum absolute atomic E-state index is 5.80. The van der Waals surface area contributed by atoms with E-state index in [1.807, 2.05) is 6.07 Å². The molecule has 0 aromatic heterocycles. The number of hydrogen-bond donors (Lipinski definition) is 1. The molecular weight excluding hydrogens is 335 g/mol. The Morgan fingerprint density at radius 1 is 1.04 bits per heavy atom. The summed E-state index contributed by atoms with van der Waals surface area (Å²) in [6, 6.07) is 6.88. The van der Waals surface area contributed by atoms with Crippen LogP contribution in [0, 0.1) is 5.92 Å². The van der Waals surface area contributed by atoms with E-state index in [1.165, 1.54) is 31.2 Å². The molecule has 2 heterocycles. The second-order valence-electron chi connectivity index (χ2n) is 6.36. The fraction of sp³-hybridized carbons (Fsp3) is 0.647. The van der Waals surface area contributed by atoms with Crippen molar-refractivity contribution in [2.75, 3.05) is 33.0 Å². The third kappa shape index (κ3) is 3.71. The topological polar surface area (TPSA) is 33.7 Å². The first kappa shape index (κ1) is 18.7. The fourth-order valence-electron chi connectivity index (χ4n) is 4.17. The lowest BCUT2D eigenvalue weighted by molar-refractivity contribution is 0.120. The van der Waals surface area contributed by atoms with E-state index in [-0.39, 0.29) is 24.8 Å². The van der Waals surface area contributed by atoms with Crippen LogP contribution in [0.5, 0.6) is 11.5 Å². The normalized spacial score (nSPS) is 22.3. The van der Waals surface area contributed by atoms with Crippen LogP contribution in [0.4, 0.5) is 0 Å². The van der Waals surface area contributed by atoms with E-state index in [1.54, 1.807) is 0 Å². The van der Waals surface area contributed by atoms with Gasteiger partial charge in [0.05, 0.1) is 0 Å². The number of fused-ring (bicyclic) bond motifs is 1. The van der Waals surface area contributed by atoms with Gasteiger partial charge in [-0.15, -0.1) is 24.8 Å². The van der Waals surface area contributed by atoms with Crippen LogP contribution in [0.3, 0.4) is 0 Å². The van der Waals surface area contributed by atoms with Crippen LogP contribution in [0.15, 0.2) is 18.2 Å². The van der Waals surface area contributed by atoms with Crippen molar-refractivity contribution in [1.82, 2.24) is 10.2 Å². The minimum absolute atomic E-state index is 0. The standard InChI is InChI=1S/C17H24N2O2.2ClH/c1-2-5-13(4-1)16(19-10-8-18-9-11-19)14-6-3-7-15-17(14)21-12-20-15;;/h3,6-7,13,16,18H,1-2,4-5,8-12H2;2*1H/t16-;;/m1../s1. The predicted molar refractivity (Wildman–Crippen MR) is 96.2 cm³/mol. The van der Waals surface area contributed by atoms with Crippen molar-refractivity contribution in [2.24, 2.45) is 5.92 Å². The Kier molecular flexibility index (Phi) is 6.84. The number of benzene rings is 1. The van der Waals surface area contributed by atoms with E-state index in [2.05, 4.69) is 22.3 Å². The monoisotopic (exact) mass is 360 g/mol. The molecule has 1 N–H and O–H groups in total. The number of ether oxygens (including phenoxy) is 2. The molecule has 0 bridgehead atoms. The maximum Gasteiger partial charge on any atom is 0.231 e. The van der Waals surface area contributed by atoms with E-state index in [9.17, 15) is 0 Å². The molecule has 6 heteroatoms. The molecule has 2 aliphatic heterocycles. The molecule has 3 aliphatic rings. The highest BCUT2D eigenvalue weighted by Gasteiger charge is 2.35. The lowest BCUT2D eigenvalue weighted by Gasteiger charge is -2.39. The van der Waals surface area contributed by atoms with Gasteiger partial charge in [0.2, 0.25) is 6.79 Å². The van der Waals surface area contributed by atoms with Crippen LogP contribution in [-0.2, 0) is 0 Å². The highest BCUT2D eigenvalue weighted by atomic mass is 35.5. The second kappa shape index (κ2) is 8.43. The number of hydrogen-bond acceptors (Lipinski definition) is 4. The SMILES string of the molecule is Cl.Cl.c1cc2c(c([C@@H](C3CCCC3)N3CCNCC3)c1)OCO2. The molecule has 0 amide bonds. The first-order valence-electron chi connectivity index (χ1n) is 8.27. The molecule has 0 spiro atoms. The van der Waals surface area contributed by atoms with Gasteiger partial charge in [-0.1, -0.05) is 25.0 Å². The van der Waals surface area contributed by atoms with Crippen LogP contribution < -0.4 is 14.8 Å². The molecule has 1 saturated heterocycles. The molecule has 2 fully saturated rings. The molecule has 4 rings (SSSR count). The molecule has 1 atom stereocenters. The molecule has 130 valence electrons. The maximum atomic E-state index is 5.80. The van der Waals surface area contributed by atoms with Gasteiger partial charge < -0.3 is 14.8 Å². The van der Waals surface area contributed by atoms with Crippen molar-refractivity contribution >= 4 is 24.8 Å². The summed E-state index contributed by atoms with van der Waals surface area (Å²) in [5, 5.41) is 3.47. The molecule has 1 aromatic rings. The first-order valence-corrected chi connectivity index (χ1v) is 8.27. The predicted octanol–water partition coefficient (Wildman–Crippen LogP) is 3.40. The summed E-state index contributed by atoms with van der Waals surface area (Å²) in [6.45, 7) is 4.81. The minimum Gasteiger partial charge on any atom is -0.454 e. The van der Waals surface area contributed by atoms with Crippen molar-refractivity contribution in [2.45, 2.75) is 31.7 Å². The highest BCUT2D eigenvalue weighted by molar-refractivity contribution is 5.85. The van der Waals surface area contributed by atoms with Gasteiger partial charge in [-0.25, -0.2) is 0 Å². The number of piperazine rings is 1. The van der Waals surface area contributed by atoms with Crippen molar-refractivity contribution in [3.05, 3.63) is 23.8 Å². The van der Waals surface area contributed by atoms with E-state index in [0.29, 0.717) is 12.8 Å². The van der Waals surface area contributed by atoms with Gasteiger partial charge in [0, 0.05) is 37.8 Å². The molecule has 0 unspecified atom stereocenters. The lowest BCUT2D eigenvalue weighted by atomic mass is 9.89. The summed E-state index contributed by atoms with van der Waals surface area (Å²) in [7, 11) is 0. The number of nitrogens with one attached hydrogen (secondary N) is 1. The zero-order valence-corrected chi connectivity index (χ0v) is 15.0. The second-order valence-corrected chi connectivity index (χ2v) is 6.36. The number of nitrogens with zero attached hydrogens (tertiary/aromatic N) is 1. The average molecular weight is 361 g/mol. The van der Waals surface area contributed by atoms with Crippen LogP contribution in [0.2, 0.25) is 0 Å². The smallest absolute Gasteiger partial charge is 0.231 e. The third-order valence-corrected chi connectivity index (χ3v) is 5.14. The molecule has 4 nitrogen and oxygen atoms in total. The largest absolute Gasteiger partial charge is 0.454 e. The zero-order valence-electron chi connectivity index (χ0n) is 13.3. The quantitative estimate of drug-likeness (QED) is 0.895. The molecule has 1 aromatic carbocycles. The van der Waals surface area contributed by atoms with Crippen molar-refractivity contribution in [3.63, 3.8) is 0 Å². The van der Waals surface area contributed by atoms with Crippen LogP contribution >= 0.6 is 24.8 Å². The Morgan fingerprint density at radius 2 is 1.78 bits per heavy atom. The molecular formula is C17H26Cl2N2O2. The van der Waals surface area contributed by atoms with Gasteiger partial charge >= 0.3 is 0 Å². The zero-order chi connectivity index (χ0) is 14.1. The van der Waals surface area contributed by atoms with Gasteiger partial charge in [-0.2, -0.15) is 0 Å². The summed E-state index contributed by atoms with van der Waals surface area (Å²) in [6.07, 6.45) is 5.44. The molecule has 1 saturated carbocycles. The van der Waals surface area contributed by atoms with Gasteiger partial charge in [-0.3, -0.25) is 4.90 Å². The van der Waals surface area contributed by atoms with E-state index in [0.717, 1.165) is 43.6 Å². The minimum atomic E-state index is 0. The van der Waals surface area contributed by atoms with Crippen LogP contribution in [0.25, 0.3) is 0 Å². The number of rotatable bonds is 3. The van der Waals surface area contributed by atoms with Gasteiger partial charge in [0.25, 0.3) is 0 Å².